The molecule has 0 N–H and O–H groups in total. The highest BCUT2D eigenvalue weighted by Crippen LogP contribution is 2.52. The Morgan fingerprint density at radius 3 is 0.606 bits per heavy atom. The van der Waals surface area contributed by atoms with E-state index in [0.717, 1.165) is 0 Å². The largest absolute Gasteiger partial charge is 0.0616 e. The van der Waals surface area contributed by atoms with Crippen molar-refractivity contribution in [2.24, 2.45) is 0 Å². The van der Waals surface area contributed by atoms with E-state index >= 15 is 0 Å². The van der Waals surface area contributed by atoms with E-state index < -0.39 is 0 Å². The summed E-state index contributed by atoms with van der Waals surface area (Å²) in [6, 6.07) is 187. The monoisotopic (exact) mass is 1670 g/mol. The van der Waals surface area contributed by atoms with Crippen LogP contribution >= 0.6 is 0 Å². The fourth-order valence-corrected chi connectivity index (χ4v) is 21.4. The number of benzene rings is 27. The van der Waals surface area contributed by atoms with E-state index in [-0.39, 0.29) is 0 Å². The molecular weight excluding hydrogens is 1590 g/mol. The average Bonchev–Trinajstić information content (AvgIpc) is 0.733. The number of fused-ring (bicyclic) bond motifs is 15. The lowest BCUT2D eigenvalue weighted by Gasteiger charge is -2.20. The molecule has 612 valence electrons. The molecule has 0 aliphatic rings. The number of hydrogen-bond donors (Lipinski definition) is 0. The molecule has 0 unspecified atom stereocenters. The van der Waals surface area contributed by atoms with Gasteiger partial charge in [0.15, 0.2) is 0 Å². The van der Waals surface area contributed by atoms with E-state index in [0.29, 0.717) is 0 Å². The summed E-state index contributed by atoms with van der Waals surface area (Å²) in [4.78, 5) is 0. The maximum atomic E-state index is 2.38. The van der Waals surface area contributed by atoms with Gasteiger partial charge in [0.25, 0.3) is 0 Å². The van der Waals surface area contributed by atoms with Crippen LogP contribution in [0, 0.1) is 0 Å². The molecule has 0 radical (unpaired) electrons. The summed E-state index contributed by atoms with van der Waals surface area (Å²) >= 11 is 0. The van der Waals surface area contributed by atoms with Crippen molar-refractivity contribution in [3.8, 4) is 100 Å². The summed E-state index contributed by atoms with van der Waals surface area (Å²) in [6.45, 7) is 0. The van der Waals surface area contributed by atoms with E-state index in [1.165, 1.54) is 262 Å². The van der Waals surface area contributed by atoms with Crippen LogP contribution in [-0.2, 0) is 0 Å². The molecule has 0 aliphatic heterocycles. The van der Waals surface area contributed by atoms with Crippen molar-refractivity contribution in [2.75, 3.05) is 0 Å². The Kier molecular flexibility index (Phi) is 19.1. The fourth-order valence-electron chi connectivity index (χ4n) is 21.4. The molecule has 27 aromatic carbocycles. The minimum absolute atomic E-state index is 1.23. The van der Waals surface area contributed by atoms with E-state index in [2.05, 4.69) is 510 Å². The van der Waals surface area contributed by atoms with Crippen LogP contribution in [0.5, 0.6) is 0 Å². The van der Waals surface area contributed by atoms with Crippen LogP contribution in [0.15, 0.2) is 510 Å². The second-order valence-corrected chi connectivity index (χ2v) is 35.1. The van der Waals surface area contributed by atoms with Crippen LogP contribution in [0.2, 0.25) is 0 Å². The van der Waals surface area contributed by atoms with Crippen LogP contribution in [0.3, 0.4) is 0 Å². The predicted octanol–water partition coefficient (Wildman–Crippen LogP) is 37.4. The van der Waals surface area contributed by atoms with Gasteiger partial charge in [0, 0.05) is 0 Å². The van der Waals surface area contributed by atoms with Crippen molar-refractivity contribution >= 4 is 162 Å². The van der Waals surface area contributed by atoms with E-state index in [1.807, 2.05) is 0 Å². The third kappa shape index (κ3) is 13.5. The van der Waals surface area contributed by atoms with Gasteiger partial charge in [0.05, 0.1) is 0 Å². The third-order valence-corrected chi connectivity index (χ3v) is 27.6. The summed E-state index contributed by atoms with van der Waals surface area (Å²) < 4.78 is 0. The van der Waals surface area contributed by atoms with E-state index in [9.17, 15) is 0 Å². The van der Waals surface area contributed by atoms with Crippen molar-refractivity contribution in [3.63, 3.8) is 0 Å². The Balaban J connectivity index is 0.000000106. The molecule has 0 aliphatic carbocycles. The van der Waals surface area contributed by atoms with Gasteiger partial charge in [-0.2, -0.15) is 0 Å². The molecule has 0 heteroatoms. The molecule has 0 spiro atoms. The minimum atomic E-state index is 1.23. The third-order valence-electron chi connectivity index (χ3n) is 27.6. The van der Waals surface area contributed by atoms with Crippen molar-refractivity contribution in [1.29, 1.82) is 0 Å². The van der Waals surface area contributed by atoms with Crippen LogP contribution in [0.4, 0.5) is 0 Å². The lowest BCUT2D eigenvalue weighted by atomic mass is 9.83. The Bertz CT molecular complexity index is 8990. The second kappa shape index (κ2) is 32.6. The Morgan fingerprint density at radius 1 is 0.0758 bits per heavy atom. The molecule has 132 heavy (non-hydrogen) atoms. The molecule has 0 nitrogen and oxygen atoms in total. The minimum Gasteiger partial charge on any atom is -0.0616 e. The molecule has 0 atom stereocenters. The maximum absolute atomic E-state index is 2.38. The van der Waals surface area contributed by atoms with Gasteiger partial charge in [-0.3, -0.25) is 0 Å². The first-order valence-electron chi connectivity index (χ1n) is 45.8. The molecular formula is C132H84. The molecule has 27 rings (SSSR count). The van der Waals surface area contributed by atoms with Crippen molar-refractivity contribution in [2.45, 2.75) is 0 Å². The number of rotatable bonds is 9. The zero-order valence-electron chi connectivity index (χ0n) is 72.5. The topological polar surface area (TPSA) is 0 Å². The molecule has 0 saturated heterocycles. The van der Waals surface area contributed by atoms with Gasteiger partial charge in [0.1, 0.15) is 0 Å². The normalized spacial score (nSPS) is 11.6. The Hall–Kier alpha value is -17.2. The smallest absolute Gasteiger partial charge is 0.00201 e. The summed E-state index contributed by atoms with van der Waals surface area (Å²) in [5.41, 5.74) is 22.8. The zero-order chi connectivity index (χ0) is 87.1. The van der Waals surface area contributed by atoms with Crippen molar-refractivity contribution < 1.29 is 0 Å². The summed E-state index contributed by atoms with van der Waals surface area (Å²) in [6.07, 6.45) is 0. The SMILES string of the molecule is c1ccc2cc(-c3ccc(-c4c5ccccc5c(-c5ccc6ccccc6c5)c5ccccc45)c4ccccc34)ccc2c1.c1ccc2cc(-c3ccc4c(-c5c6ccccc6c(-c6ccc7ccccc7c6)c6ccccc56)cccc4c3)ccc2c1.c1ccc2cc(-c3ccc4cccc(-c5c6ccccc6c(-c6ccc7ccccc7c6)c6ccccc56)c4c3)ccc2c1. The molecule has 0 saturated carbocycles. The average molecular weight is 1670 g/mol. The van der Waals surface area contributed by atoms with Crippen LogP contribution in [0.1, 0.15) is 0 Å². The lowest BCUT2D eigenvalue weighted by Crippen LogP contribution is -1.92. The van der Waals surface area contributed by atoms with Gasteiger partial charge < -0.3 is 0 Å². The summed E-state index contributed by atoms with van der Waals surface area (Å²) in [7, 11) is 0. The van der Waals surface area contributed by atoms with Crippen LogP contribution in [-0.4, -0.2) is 0 Å². The molecule has 0 fully saturated rings. The van der Waals surface area contributed by atoms with E-state index in [1.54, 1.807) is 0 Å². The van der Waals surface area contributed by atoms with Crippen LogP contribution < -0.4 is 0 Å². The van der Waals surface area contributed by atoms with Gasteiger partial charge in [-0.15, -0.1) is 0 Å². The van der Waals surface area contributed by atoms with Gasteiger partial charge in [-0.05, 0) is 310 Å². The van der Waals surface area contributed by atoms with Gasteiger partial charge in [-0.1, -0.05) is 461 Å². The Labute approximate surface area is 765 Å². The first kappa shape index (κ1) is 77.2. The Morgan fingerprint density at radius 2 is 0.273 bits per heavy atom. The molecule has 0 bridgehead atoms. The highest BCUT2D eigenvalue weighted by atomic mass is 14.3. The predicted molar refractivity (Wildman–Crippen MR) is 571 cm³/mol. The van der Waals surface area contributed by atoms with Crippen molar-refractivity contribution in [3.05, 3.63) is 510 Å². The lowest BCUT2D eigenvalue weighted by molar-refractivity contribution is 1.66. The number of hydrogen-bond acceptors (Lipinski definition) is 0. The van der Waals surface area contributed by atoms with Crippen molar-refractivity contribution in [1.82, 2.24) is 0 Å². The zero-order valence-corrected chi connectivity index (χ0v) is 72.5. The molecule has 0 amide bonds. The molecule has 0 aromatic heterocycles. The first-order valence-corrected chi connectivity index (χ1v) is 45.8. The summed E-state index contributed by atoms with van der Waals surface area (Å²) in [5.74, 6) is 0. The quantitative estimate of drug-likeness (QED) is 0.126. The van der Waals surface area contributed by atoms with E-state index in [4.69, 9.17) is 0 Å². The highest BCUT2D eigenvalue weighted by molar-refractivity contribution is 6.28. The molecule has 27 aromatic rings. The van der Waals surface area contributed by atoms with Gasteiger partial charge >= 0.3 is 0 Å². The fraction of sp³-hybridized carbons (Fsp3) is 0. The second-order valence-electron chi connectivity index (χ2n) is 35.1. The highest BCUT2D eigenvalue weighted by Gasteiger charge is 2.24. The summed E-state index contributed by atoms with van der Waals surface area (Å²) in [5, 5.41) is 38.1. The van der Waals surface area contributed by atoms with Gasteiger partial charge in [0.2, 0.25) is 0 Å². The van der Waals surface area contributed by atoms with Crippen LogP contribution in [0.25, 0.3) is 262 Å². The standard InChI is InChI=1S/3C44H28/c1-3-12-32-26-34(23-20-29(32)10-1)35-24-22-31-14-9-19-41(42(31)28-35)44-39-17-7-5-15-37(39)43(38-16-6-8-18-40(38)44)36-25-21-30-11-2-4-13-33(30)27-36;1-3-12-31-26-33(22-20-29(31)10-1)34-24-25-37-35(27-34)14-9-19-38(37)44-41-17-7-5-15-39(41)43(40-16-6-8-18-42(40)44)36-23-21-30-11-2-4-13-32(30)28-36;1-3-13-31-27-33(23-21-29(31)11-1)35-25-26-42(37-16-6-5-15-36(35)37)44-40-19-9-7-17-38(40)43(39-18-8-10-20-41(39)44)34-24-22-30-12-2-4-14-32(30)28-34/h3*1-28H. The molecule has 0 heterocycles. The maximum Gasteiger partial charge on any atom is -0.00201 e. The van der Waals surface area contributed by atoms with Gasteiger partial charge in [-0.25, -0.2) is 0 Å². The first-order chi connectivity index (χ1) is 65.5.